The molecule has 0 unspecified atom stereocenters. The summed E-state index contributed by atoms with van der Waals surface area (Å²) in [5.74, 6) is -2.80. The van der Waals surface area contributed by atoms with Crippen LogP contribution in [0.15, 0.2) is 6.07 Å². The highest BCUT2D eigenvalue weighted by Crippen LogP contribution is 2.22. The Bertz CT molecular complexity index is 523. The molecule has 110 valence electrons. The van der Waals surface area contributed by atoms with Gasteiger partial charge in [0, 0.05) is 11.3 Å². The van der Waals surface area contributed by atoms with Gasteiger partial charge in [-0.2, -0.15) is 0 Å². The van der Waals surface area contributed by atoms with Crippen molar-refractivity contribution >= 4 is 29.2 Å². The molecule has 1 aromatic rings. The van der Waals surface area contributed by atoms with Crippen molar-refractivity contribution in [3.05, 3.63) is 21.4 Å². The minimum atomic E-state index is -1.23. The van der Waals surface area contributed by atoms with Crippen LogP contribution < -0.4 is 5.32 Å². The Labute approximate surface area is 120 Å². The summed E-state index contributed by atoms with van der Waals surface area (Å²) in [5.41, 5.74) is 1.00. The third-order valence-electron chi connectivity index (χ3n) is 2.82. The van der Waals surface area contributed by atoms with Gasteiger partial charge in [-0.25, -0.2) is 4.79 Å². The Hall–Kier alpha value is -1.89. The molecule has 0 saturated heterocycles. The molecule has 0 aliphatic heterocycles. The van der Waals surface area contributed by atoms with Gasteiger partial charge in [-0.15, -0.1) is 11.3 Å². The van der Waals surface area contributed by atoms with E-state index in [1.165, 1.54) is 11.3 Å². The van der Waals surface area contributed by atoms with Gasteiger partial charge in [0.2, 0.25) is 0 Å². The fourth-order valence-electron chi connectivity index (χ4n) is 1.74. The summed E-state index contributed by atoms with van der Waals surface area (Å²) in [6, 6.07) is 0.528. The molecule has 0 spiro atoms. The highest BCUT2D eigenvalue weighted by molar-refractivity contribution is 7.14. The second-order valence-corrected chi connectivity index (χ2v) is 5.50. The molecule has 0 radical (unpaired) electrons. The molecule has 3 N–H and O–H groups in total. The lowest BCUT2D eigenvalue weighted by Crippen LogP contribution is -2.40. The van der Waals surface area contributed by atoms with E-state index in [9.17, 15) is 14.4 Å². The van der Waals surface area contributed by atoms with Crippen LogP contribution in [-0.2, 0) is 16.0 Å². The van der Waals surface area contributed by atoms with Gasteiger partial charge in [0.1, 0.15) is 6.04 Å². The molecule has 0 bridgehead atoms. The van der Waals surface area contributed by atoms with Gasteiger partial charge in [0.05, 0.1) is 4.88 Å². The molecular formula is C13H17NO5S. The summed E-state index contributed by atoms with van der Waals surface area (Å²) in [7, 11) is 0. The standard InChI is InChI=1S/C13H17NO5S/c1-3-9-7(2)6-10(20-9)12(17)14-8(13(18)19)4-5-11(15)16/h6,8H,3-5H2,1-2H3,(H,14,17)(H,15,16)(H,18,19)/t8-/m0/s1. The maximum absolute atomic E-state index is 12.0. The van der Waals surface area contributed by atoms with E-state index in [1.54, 1.807) is 6.07 Å². The number of carbonyl (C=O) groups is 3. The third kappa shape index (κ3) is 4.34. The van der Waals surface area contributed by atoms with E-state index in [0.29, 0.717) is 4.88 Å². The molecule has 1 aromatic heterocycles. The lowest BCUT2D eigenvalue weighted by atomic mass is 10.1. The van der Waals surface area contributed by atoms with Gasteiger partial charge in [0.25, 0.3) is 5.91 Å². The Kier molecular flexibility index (Phi) is 5.69. The monoisotopic (exact) mass is 299 g/mol. The Morgan fingerprint density at radius 2 is 2.00 bits per heavy atom. The number of nitrogens with one attached hydrogen (secondary N) is 1. The van der Waals surface area contributed by atoms with Crippen LogP contribution in [-0.4, -0.2) is 34.1 Å². The van der Waals surface area contributed by atoms with E-state index in [0.717, 1.165) is 16.9 Å². The first-order valence-electron chi connectivity index (χ1n) is 6.19. The van der Waals surface area contributed by atoms with Crippen molar-refractivity contribution < 1.29 is 24.6 Å². The van der Waals surface area contributed by atoms with Crippen molar-refractivity contribution in [3.63, 3.8) is 0 Å². The average Bonchev–Trinajstić information content (AvgIpc) is 2.75. The molecule has 1 atom stereocenters. The van der Waals surface area contributed by atoms with Gasteiger partial charge in [-0.1, -0.05) is 6.92 Å². The van der Waals surface area contributed by atoms with Crippen LogP contribution in [0, 0.1) is 6.92 Å². The van der Waals surface area contributed by atoms with Crippen LogP contribution in [0.25, 0.3) is 0 Å². The summed E-state index contributed by atoms with van der Waals surface area (Å²) >= 11 is 1.32. The van der Waals surface area contributed by atoms with Crippen LogP contribution in [0.5, 0.6) is 0 Å². The summed E-state index contributed by atoms with van der Waals surface area (Å²) in [6.45, 7) is 3.87. The van der Waals surface area contributed by atoms with Crippen molar-refractivity contribution in [3.8, 4) is 0 Å². The average molecular weight is 299 g/mol. The second kappa shape index (κ2) is 7.04. The van der Waals surface area contributed by atoms with Crippen molar-refractivity contribution in [1.29, 1.82) is 0 Å². The normalized spacial score (nSPS) is 11.9. The number of thiophene rings is 1. The van der Waals surface area contributed by atoms with Crippen LogP contribution in [0.2, 0.25) is 0 Å². The summed E-state index contributed by atoms with van der Waals surface area (Å²) in [5, 5.41) is 19.9. The second-order valence-electron chi connectivity index (χ2n) is 4.37. The minimum Gasteiger partial charge on any atom is -0.481 e. The molecule has 1 rings (SSSR count). The zero-order valence-corrected chi connectivity index (χ0v) is 12.1. The van der Waals surface area contributed by atoms with Crippen molar-refractivity contribution in [2.75, 3.05) is 0 Å². The number of rotatable bonds is 7. The first-order valence-corrected chi connectivity index (χ1v) is 7.01. The molecule has 0 aliphatic carbocycles. The van der Waals surface area contributed by atoms with Crippen LogP contribution in [0.4, 0.5) is 0 Å². The van der Waals surface area contributed by atoms with Crippen LogP contribution in [0.3, 0.4) is 0 Å². The highest BCUT2D eigenvalue weighted by atomic mass is 32.1. The van der Waals surface area contributed by atoms with Gasteiger partial charge in [-0.3, -0.25) is 9.59 Å². The first-order chi connectivity index (χ1) is 9.35. The predicted octanol–water partition coefficient (Wildman–Crippen LogP) is 1.67. The maximum Gasteiger partial charge on any atom is 0.326 e. The third-order valence-corrected chi connectivity index (χ3v) is 4.20. The van der Waals surface area contributed by atoms with Crippen molar-refractivity contribution in [2.45, 2.75) is 39.2 Å². The topological polar surface area (TPSA) is 104 Å². The highest BCUT2D eigenvalue weighted by Gasteiger charge is 2.22. The van der Waals surface area contributed by atoms with Gasteiger partial charge < -0.3 is 15.5 Å². The zero-order chi connectivity index (χ0) is 15.3. The van der Waals surface area contributed by atoms with E-state index < -0.39 is 23.9 Å². The number of carboxylic acids is 2. The zero-order valence-electron chi connectivity index (χ0n) is 11.3. The molecule has 1 heterocycles. The SMILES string of the molecule is CCc1sc(C(=O)N[C@@H](CCC(=O)O)C(=O)O)cc1C. The fourth-order valence-corrected chi connectivity index (χ4v) is 2.75. The predicted molar refractivity (Wildman–Crippen MR) is 74.2 cm³/mol. The number of amides is 1. The van der Waals surface area contributed by atoms with E-state index in [1.807, 2.05) is 13.8 Å². The van der Waals surface area contributed by atoms with Gasteiger partial charge in [-0.05, 0) is 31.4 Å². The Morgan fingerprint density at radius 1 is 1.35 bits per heavy atom. The lowest BCUT2D eigenvalue weighted by molar-refractivity contribution is -0.140. The molecule has 6 nitrogen and oxygen atoms in total. The number of aliphatic carboxylic acids is 2. The first kappa shape index (κ1) is 16.2. The molecule has 0 aromatic carbocycles. The smallest absolute Gasteiger partial charge is 0.326 e. The molecule has 0 aliphatic rings. The van der Waals surface area contributed by atoms with Crippen molar-refractivity contribution in [2.24, 2.45) is 0 Å². The Morgan fingerprint density at radius 3 is 2.45 bits per heavy atom. The summed E-state index contributed by atoms with van der Waals surface area (Å²) in [6.07, 6.45) is 0.369. The Balaban J connectivity index is 2.74. The molecule has 7 heteroatoms. The molecule has 20 heavy (non-hydrogen) atoms. The number of carboxylic acid groups (broad SMARTS) is 2. The summed E-state index contributed by atoms with van der Waals surface area (Å²) < 4.78 is 0. The van der Waals surface area contributed by atoms with E-state index in [2.05, 4.69) is 5.32 Å². The summed E-state index contributed by atoms with van der Waals surface area (Å²) in [4.78, 5) is 35.0. The largest absolute Gasteiger partial charge is 0.481 e. The molecule has 0 saturated carbocycles. The lowest BCUT2D eigenvalue weighted by Gasteiger charge is -2.12. The number of carbonyl (C=O) groups excluding carboxylic acids is 1. The van der Waals surface area contributed by atoms with E-state index in [-0.39, 0.29) is 12.8 Å². The quantitative estimate of drug-likeness (QED) is 0.710. The number of hydrogen-bond acceptors (Lipinski definition) is 4. The molecule has 0 fully saturated rings. The number of aryl methyl sites for hydroxylation is 2. The fraction of sp³-hybridized carbons (Fsp3) is 0.462. The van der Waals surface area contributed by atoms with Crippen molar-refractivity contribution in [1.82, 2.24) is 5.32 Å². The van der Waals surface area contributed by atoms with E-state index in [4.69, 9.17) is 10.2 Å². The van der Waals surface area contributed by atoms with Gasteiger partial charge >= 0.3 is 11.9 Å². The van der Waals surface area contributed by atoms with Crippen LogP contribution in [0.1, 0.15) is 39.9 Å². The maximum atomic E-state index is 12.0. The number of hydrogen-bond donors (Lipinski definition) is 3. The van der Waals surface area contributed by atoms with Gasteiger partial charge in [0.15, 0.2) is 0 Å². The molecule has 1 amide bonds. The van der Waals surface area contributed by atoms with Crippen LogP contribution >= 0.6 is 11.3 Å². The van der Waals surface area contributed by atoms with E-state index >= 15 is 0 Å². The minimum absolute atomic E-state index is 0.138. The molecular weight excluding hydrogens is 282 g/mol.